The van der Waals surface area contributed by atoms with E-state index in [0.29, 0.717) is 17.8 Å². The third-order valence-corrected chi connectivity index (χ3v) is 4.48. The molecular weight excluding hydrogens is 188 g/mol. The maximum absolute atomic E-state index is 11.4. The molecule has 2 heteroatoms. The summed E-state index contributed by atoms with van der Waals surface area (Å²) in [4.78, 5) is 11.4. The van der Waals surface area contributed by atoms with Gasteiger partial charge in [0.1, 0.15) is 0 Å². The van der Waals surface area contributed by atoms with Gasteiger partial charge in [-0.25, -0.2) is 0 Å². The van der Waals surface area contributed by atoms with Gasteiger partial charge in [0.2, 0.25) is 0 Å². The first-order chi connectivity index (χ1) is 7.02. The Hall–Kier alpha value is -0.790. The van der Waals surface area contributed by atoms with E-state index >= 15 is 0 Å². The van der Waals surface area contributed by atoms with Gasteiger partial charge in [0.05, 0.1) is 5.92 Å². The van der Waals surface area contributed by atoms with Gasteiger partial charge < -0.3 is 5.11 Å². The molecule has 15 heavy (non-hydrogen) atoms. The summed E-state index contributed by atoms with van der Waals surface area (Å²) >= 11 is 0. The predicted octanol–water partition coefficient (Wildman–Crippen LogP) is 2.95. The minimum absolute atomic E-state index is 0.0363. The van der Waals surface area contributed by atoms with Crippen molar-refractivity contribution in [3.8, 4) is 0 Å². The van der Waals surface area contributed by atoms with Gasteiger partial charge in [0, 0.05) is 5.41 Å². The Balaban J connectivity index is 2.38. The topological polar surface area (TPSA) is 37.3 Å². The number of rotatable bonds is 3. The molecule has 1 N–H and O–H groups in total. The molecule has 1 fully saturated rings. The highest BCUT2D eigenvalue weighted by Crippen LogP contribution is 2.60. The molecule has 2 bridgehead atoms. The third-order valence-electron chi connectivity index (χ3n) is 4.48. The summed E-state index contributed by atoms with van der Waals surface area (Å²) in [6.07, 6.45) is 6.45. The summed E-state index contributed by atoms with van der Waals surface area (Å²) in [5.41, 5.74) is -0.0363. The number of fused-ring (bicyclic) bond motifs is 2. The molecule has 0 heterocycles. The van der Waals surface area contributed by atoms with E-state index < -0.39 is 5.97 Å². The first kappa shape index (κ1) is 10.7. The fraction of sp³-hybridized carbons (Fsp3) is 0.769. The zero-order valence-corrected chi connectivity index (χ0v) is 9.73. The minimum Gasteiger partial charge on any atom is -0.481 e. The van der Waals surface area contributed by atoms with Crippen LogP contribution in [0.1, 0.15) is 33.6 Å². The van der Waals surface area contributed by atoms with Gasteiger partial charge in [-0.2, -0.15) is 0 Å². The minimum atomic E-state index is -0.595. The van der Waals surface area contributed by atoms with Crippen molar-refractivity contribution in [3.05, 3.63) is 12.2 Å². The molecule has 0 spiro atoms. The van der Waals surface area contributed by atoms with Crippen molar-refractivity contribution in [3.63, 3.8) is 0 Å². The summed E-state index contributed by atoms with van der Waals surface area (Å²) in [7, 11) is 0. The van der Waals surface area contributed by atoms with Crippen molar-refractivity contribution < 1.29 is 9.90 Å². The Morgan fingerprint density at radius 2 is 2.27 bits per heavy atom. The Morgan fingerprint density at radius 1 is 1.60 bits per heavy atom. The highest BCUT2D eigenvalue weighted by molar-refractivity contribution is 5.73. The smallest absolute Gasteiger partial charge is 0.307 e. The second kappa shape index (κ2) is 3.36. The van der Waals surface area contributed by atoms with Gasteiger partial charge in [0.25, 0.3) is 0 Å². The summed E-state index contributed by atoms with van der Waals surface area (Å²) in [5.74, 6) is 0.563. The third kappa shape index (κ3) is 1.34. The van der Waals surface area contributed by atoms with Crippen LogP contribution in [0.5, 0.6) is 0 Å². The van der Waals surface area contributed by atoms with Crippen molar-refractivity contribution in [2.45, 2.75) is 33.6 Å². The number of carboxylic acid groups (broad SMARTS) is 1. The van der Waals surface area contributed by atoms with Crippen LogP contribution in [0.3, 0.4) is 0 Å². The molecule has 0 aromatic rings. The second-order valence-electron chi connectivity index (χ2n) is 5.45. The van der Waals surface area contributed by atoms with Crippen LogP contribution in [0.15, 0.2) is 12.2 Å². The van der Waals surface area contributed by atoms with Crippen LogP contribution in [0, 0.1) is 29.1 Å². The molecule has 84 valence electrons. The molecule has 0 aromatic carbocycles. The number of hydrogen-bond donors (Lipinski definition) is 1. The van der Waals surface area contributed by atoms with Gasteiger partial charge in [0.15, 0.2) is 0 Å². The highest BCUT2D eigenvalue weighted by atomic mass is 16.4. The summed E-state index contributed by atoms with van der Waals surface area (Å²) in [6, 6.07) is 0. The van der Waals surface area contributed by atoms with E-state index in [4.69, 9.17) is 0 Å². The van der Waals surface area contributed by atoms with Crippen molar-refractivity contribution in [2.75, 3.05) is 0 Å². The summed E-state index contributed by atoms with van der Waals surface area (Å²) in [6.45, 7) is 6.42. The van der Waals surface area contributed by atoms with Gasteiger partial charge in [-0.05, 0) is 30.6 Å². The SMILES string of the molecule is CCC12C=CC(C1)C(C(C)C)C2C(=O)O. The van der Waals surface area contributed by atoms with Gasteiger partial charge >= 0.3 is 5.97 Å². The fourth-order valence-electron chi connectivity index (χ4n) is 3.79. The Morgan fingerprint density at radius 3 is 2.73 bits per heavy atom. The van der Waals surface area contributed by atoms with Gasteiger partial charge in [-0.15, -0.1) is 0 Å². The molecule has 0 radical (unpaired) electrons. The van der Waals surface area contributed by atoms with Crippen molar-refractivity contribution >= 4 is 5.97 Å². The molecule has 4 unspecified atom stereocenters. The van der Waals surface area contributed by atoms with Crippen LogP contribution in [-0.2, 0) is 4.79 Å². The van der Waals surface area contributed by atoms with Crippen molar-refractivity contribution in [1.29, 1.82) is 0 Å². The maximum Gasteiger partial charge on any atom is 0.307 e. The lowest BCUT2D eigenvalue weighted by molar-refractivity contribution is -0.147. The lowest BCUT2D eigenvalue weighted by atomic mass is 9.69. The largest absolute Gasteiger partial charge is 0.481 e. The maximum atomic E-state index is 11.4. The number of carbonyl (C=O) groups is 1. The predicted molar refractivity (Wildman–Crippen MR) is 59.4 cm³/mol. The standard InChI is InChI=1S/C13H20O2/c1-4-13-6-5-9(7-13)10(8(2)3)11(13)12(14)15/h5-6,8-11H,4,7H2,1-3H3,(H,14,15). The fourth-order valence-corrected chi connectivity index (χ4v) is 3.79. The van der Waals surface area contributed by atoms with Crippen LogP contribution in [0.2, 0.25) is 0 Å². The van der Waals surface area contributed by atoms with Crippen LogP contribution in [0.25, 0.3) is 0 Å². The van der Waals surface area contributed by atoms with Crippen LogP contribution in [-0.4, -0.2) is 11.1 Å². The lowest BCUT2D eigenvalue weighted by Gasteiger charge is -2.34. The zero-order valence-electron chi connectivity index (χ0n) is 9.73. The van der Waals surface area contributed by atoms with Crippen LogP contribution >= 0.6 is 0 Å². The molecule has 2 aliphatic rings. The number of allylic oxidation sites excluding steroid dienone is 2. The molecule has 0 saturated heterocycles. The van der Waals surface area contributed by atoms with Crippen molar-refractivity contribution in [2.24, 2.45) is 29.1 Å². The number of hydrogen-bond acceptors (Lipinski definition) is 1. The molecule has 0 aliphatic heterocycles. The highest BCUT2D eigenvalue weighted by Gasteiger charge is 2.57. The Kier molecular flexibility index (Phi) is 2.40. The molecule has 2 nitrogen and oxygen atoms in total. The van der Waals surface area contributed by atoms with E-state index in [0.717, 1.165) is 12.8 Å². The first-order valence-corrected chi connectivity index (χ1v) is 5.94. The Bertz CT molecular complexity index is 306. The Labute approximate surface area is 91.4 Å². The number of carboxylic acids is 1. The molecule has 0 amide bonds. The van der Waals surface area contributed by atoms with Gasteiger partial charge in [-0.1, -0.05) is 32.9 Å². The molecule has 4 atom stereocenters. The van der Waals surface area contributed by atoms with Gasteiger partial charge in [-0.3, -0.25) is 4.79 Å². The lowest BCUT2D eigenvalue weighted by Crippen LogP contribution is -2.36. The van der Waals surface area contributed by atoms with Crippen molar-refractivity contribution in [1.82, 2.24) is 0 Å². The van der Waals surface area contributed by atoms with E-state index in [2.05, 4.69) is 32.9 Å². The second-order valence-corrected chi connectivity index (χ2v) is 5.45. The molecule has 2 rings (SSSR count). The normalized spacial score (nSPS) is 42.8. The van der Waals surface area contributed by atoms with E-state index in [1.165, 1.54) is 0 Å². The molecular formula is C13H20O2. The van der Waals surface area contributed by atoms with E-state index in [-0.39, 0.29) is 11.3 Å². The monoisotopic (exact) mass is 208 g/mol. The average Bonchev–Trinajstić information content (AvgIpc) is 2.72. The zero-order chi connectivity index (χ0) is 11.2. The molecule has 0 aromatic heterocycles. The summed E-state index contributed by atoms with van der Waals surface area (Å²) < 4.78 is 0. The van der Waals surface area contributed by atoms with E-state index in [9.17, 15) is 9.90 Å². The number of aliphatic carboxylic acids is 1. The summed E-state index contributed by atoms with van der Waals surface area (Å²) in [5, 5.41) is 9.42. The van der Waals surface area contributed by atoms with E-state index in [1.807, 2.05) is 0 Å². The van der Waals surface area contributed by atoms with Crippen LogP contribution < -0.4 is 0 Å². The quantitative estimate of drug-likeness (QED) is 0.724. The van der Waals surface area contributed by atoms with Crippen LogP contribution in [0.4, 0.5) is 0 Å². The first-order valence-electron chi connectivity index (χ1n) is 5.94. The average molecular weight is 208 g/mol. The van der Waals surface area contributed by atoms with E-state index in [1.54, 1.807) is 0 Å². The molecule has 2 aliphatic carbocycles. The molecule has 1 saturated carbocycles.